The SMILES string of the molecule is COCC1(C(=O)NCC(O)c2cccc(OC)c2)CCNCC1.Cl. The number of benzene rings is 1. The van der Waals surface area contributed by atoms with Gasteiger partial charge in [0.15, 0.2) is 0 Å². The van der Waals surface area contributed by atoms with Crippen LogP contribution in [0.15, 0.2) is 24.3 Å². The normalized spacial score (nSPS) is 17.5. The second-order valence-corrected chi connectivity index (χ2v) is 5.97. The topological polar surface area (TPSA) is 79.8 Å². The van der Waals surface area contributed by atoms with Gasteiger partial charge in [-0.2, -0.15) is 0 Å². The predicted molar refractivity (Wildman–Crippen MR) is 94.6 cm³/mol. The van der Waals surface area contributed by atoms with Gasteiger partial charge in [0.05, 0.1) is 25.2 Å². The van der Waals surface area contributed by atoms with Crippen molar-refractivity contribution in [3.63, 3.8) is 0 Å². The summed E-state index contributed by atoms with van der Waals surface area (Å²) in [5.74, 6) is 0.630. The molecule has 1 amide bonds. The molecule has 0 spiro atoms. The van der Waals surface area contributed by atoms with Crippen molar-refractivity contribution < 1.29 is 19.4 Å². The Bertz CT molecular complexity index is 516. The maximum Gasteiger partial charge on any atom is 0.228 e. The van der Waals surface area contributed by atoms with E-state index in [-0.39, 0.29) is 24.9 Å². The number of aliphatic hydroxyl groups is 1. The molecule has 1 atom stereocenters. The van der Waals surface area contributed by atoms with Crippen molar-refractivity contribution in [2.75, 3.05) is 40.5 Å². The molecule has 0 radical (unpaired) electrons. The Morgan fingerprint density at radius 3 is 2.71 bits per heavy atom. The molecule has 1 aromatic carbocycles. The minimum Gasteiger partial charge on any atom is -0.497 e. The lowest BCUT2D eigenvalue weighted by Gasteiger charge is -2.35. The molecule has 1 unspecified atom stereocenters. The molecule has 0 aromatic heterocycles. The fraction of sp³-hybridized carbons (Fsp3) is 0.588. The zero-order chi connectivity index (χ0) is 16.7. The quantitative estimate of drug-likeness (QED) is 0.684. The summed E-state index contributed by atoms with van der Waals surface area (Å²) in [6, 6.07) is 7.22. The third-order valence-corrected chi connectivity index (χ3v) is 4.40. The molecule has 0 aliphatic carbocycles. The number of piperidine rings is 1. The number of carbonyl (C=O) groups is 1. The summed E-state index contributed by atoms with van der Waals surface area (Å²) in [6.07, 6.45) is 0.708. The van der Waals surface area contributed by atoms with Gasteiger partial charge >= 0.3 is 0 Å². The van der Waals surface area contributed by atoms with E-state index in [0.717, 1.165) is 31.5 Å². The van der Waals surface area contributed by atoms with E-state index < -0.39 is 11.5 Å². The lowest BCUT2D eigenvalue weighted by molar-refractivity contribution is -0.136. The number of nitrogens with one attached hydrogen (secondary N) is 2. The van der Waals surface area contributed by atoms with Gasteiger partial charge in [-0.15, -0.1) is 12.4 Å². The van der Waals surface area contributed by atoms with Gasteiger partial charge in [0.1, 0.15) is 5.75 Å². The van der Waals surface area contributed by atoms with Crippen LogP contribution in [0.5, 0.6) is 5.75 Å². The van der Waals surface area contributed by atoms with Crippen molar-refractivity contribution in [2.24, 2.45) is 5.41 Å². The van der Waals surface area contributed by atoms with Gasteiger partial charge in [-0.25, -0.2) is 0 Å². The zero-order valence-corrected chi connectivity index (χ0v) is 15.0. The van der Waals surface area contributed by atoms with Crippen molar-refractivity contribution in [3.05, 3.63) is 29.8 Å². The van der Waals surface area contributed by atoms with Crippen LogP contribution in [0.4, 0.5) is 0 Å². The third-order valence-electron chi connectivity index (χ3n) is 4.40. The van der Waals surface area contributed by atoms with Crippen LogP contribution in [0.25, 0.3) is 0 Å². The molecule has 1 aliphatic rings. The van der Waals surface area contributed by atoms with E-state index in [2.05, 4.69) is 10.6 Å². The summed E-state index contributed by atoms with van der Waals surface area (Å²) in [4.78, 5) is 12.6. The van der Waals surface area contributed by atoms with E-state index in [4.69, 9.17) is 9.47 Å². The number of rotatable bonds is 7. The highest BCUT2D eigenvalue weighted by molar-refractivity contribution is 5.85. The Morgan fingerprint density at radius 2 is 2.08 bits per heavy atom. The van der Waals surface area contributed by atoms with Crippen LogP contribution in [0.3, 0.4) is 0 Å². The number of methoxy groups -OCH3 is 2. The Labute approximate surface area is 149 Å². The molecular formula is C17H27ClN2O4. The van der Waals surface area contributed by atoms with E-state index in [1.54, 1.807) is 20.3 Å². The molecule has 1 aromatic rings. The first-order valence-corrected chi connectivity index (χ1v) is 7.91. The molecule has 1 saturated heterocycles. The first-order chi connectivity index (χ1) is 11.1. The molecule has 24 heavy (non-hydrogen) atoms. The number of hydrogen-bond donors (Lipinski definition) is 3. The highest BCUT2D eigenvalue weighted by Crippen LogP contribution is 2.29. The van der Waals surface area contributed by atoms with Crippen LogP contribution in [-0.4, -0.2) is 51.5 Å². The number of hydrogen-bond acceptors (Lipinski definition) is 5. The lowest BCUT2D eigenvalue weighted by Crippen LogP contribution is -2.50. The monoisotopic (exact) mass is 358 g/mol. The van der Waals surface area contributed by atoms with Gasteiger partial charge in [0.25, 0.3) is 0 Å². The summed E-state index contributed by atoms with van der Waals surface area (Å²) in [5.41, 5.74) is 0.212. The Morgan fingerprint density at radius 1 is 1.38 bits per heavy atom. The van der Waals surface area contributed by atoms with Gasteiger partial charge in [-0.1, -0.05) is 12.1 Å². The first-order valence-electron chi connectivity index (χ1n) is 7.91. The van der Waals surface area contributed by atoms with E-state index in [1.807, 2.05) is 18.2 Å². The zero-order valence-electron chi connectivity index (χ0n) is 14.2. The second-order valence-electron chi connectivity index (χ2n) is 5.97. The molecule has 1 heterocycles. The summed E-state index contributed by atoms with van der Waals surface area (Å²) < 4.78 is 10.4. The largest absolute Gasteiger partial charge is 0.497 e. The van der Waals surface area contributed by atoms with Crippen molar-refractivity contribution in [1.29, 1.82) is 0 Å². The fourth-order valence-electron chi connectivity index (χ4n) is 2.96. The lowest BCUT2D eigenvalue weighted by atomic mass is 9.78. The molecule has 1 fully saturated rings. The average molecular weight is 359 g/mol. The molecule has 7 heteroatoms. The Kier molecular flexibility index (Phi) is 8.48. The second kappa shape index (κ2) is 9.84. The van der Waals surface area contributed by atoms with Crippen molar-refractivity contribution in [1.82, 2.24) is 10.6 Å². The van der Waals surface area contributed by atoms with E-state index in [1.165, 1.54) is 0 Å². The average Bonchev–Trinajstić information content (AvgIpc) is 2.60. The van der Waals surface area contributed by atoms with Gasteiger partial charge in [0.2, 0.25) is 5.91 Å². The van der Waals surface area contributed by atoms with E-state index in [0.29, 0.717) is 12.4 Å². The van der Waals surface area contributed by atoms with Crippen molar-refractivity contribution in [3.8, 4) is 5.75 Å². The standard InChI is InChI=1S/C17H26N2O4.ClH/c1-22-12-17(6-8-18-9-7-17)16(21)19-11-15(20)13-4-3-5-14(10-13)23-2;/h3-5,10,15,18,20H,6-9,11-12H2,1-2H3,(H,19,21);1H. The van der Waals surface area contributed by atoms with Crippen LogP contribution >= 0.6 is 12.4 Å². The number of ether oxygens (including phenoxy) is 2. The fourth-order valence-corrected chi connectivity index (χ4v) is 2.96. The summed E-state index contributed by atoms with van der Waals surface area (Å²) in [5, 5.41) is 16.4. The summed E-state index contributed by atoms with van der Waals surface area (Å²) in [7, 11) is 3.20. The smallest absolute Gasteiger partial charge is 0.228 e. The van der Waals surface area contributed by atoms with Crippen LogP contribution in [0.2, 0.25) is 0 Å². The number of aliphatic hydroxyl groups excluding tert-OH is 1. The number of halogens is 1. The molecule has 0 bridgehead atoms. The Balaban J connectivity index is 0.00000288. The van der Waals surface area contributed by atoms with Crippen LogP contribution in [-0.2, 0) is 9.53 Å². The molecule has 0 saturated carbocycles. The Hall–Kier alpha value is -1.34. The van der Waals surface area contributed by atoms with Crippen LogP contribution in [0, 0.1) is 5.41 Å². The summed E-state index contributed by atoms with van der Waals surface area (Å²) >= 11 is 0. The van der Waals surface area contributed by atoms with Crippen molar-refractivity contribution in [2.45, 2.75) is 18.9 Å². The molecule has 6 nitrogen and oxygen atoms in total. The molecule has 2 rings (SSSR count). The van der Waals surface area contributed by atoms with Gasteiger partial charge < -0.3 is 25.2 Å². The molecule has 136 valence electrons. The van der Waals surface area contributed by atoms with Gasteiger partial charge in [-0.05, 0) is 43.6 Å². The maximum atomic E-state index is 12.6. The summed E-state index contributed by atoms with van der Waals surface area (Å²) in [6.45, 7) is 2.17. The van der Waals surface area contributed by atoms with Gasteiger partial charge in [0, 0.05) is 13.7 Å². The maximum absolute atomic E-state index is 12.6. The van der Waals surface area contributed by atoms with E-state index >= 15 is 0 Å². The van der Waals surface area contributed by atoms with Gasteiger partial charge in [-0.3, -0.25) is 4.79 Å². The number of carbonyl (C=O) groups excluding carboxylic acids is 1. The van der Waals surface area contributed by atoms with Crippen molar-refractivity contribution >= 4 is 18.3 Å². The minimum absolute atomic E-state index is 0. The third kappa shape index (κ3) is 5.08. The minimum atomic E-state index is -0.768. The first kappa shape index (κ1) is 20.7. The van der Waals surface area contributed by atoms with Crippen LogP contribution < -0.4 is 15.4 Å². The van der Waals surface area contributed by atoms with Crippen LogP contribution in [0.1, 0.15) is 24.5 Å². The molecule has 3 N–H and O–H groups in total. The number of amides is 1. The molecule has 1 aliphatic heterocycles. The highest BCUT2D eigenvalue weighted by atomic mass is 35.5. The highest BCUT2D eigenvalue weighted by Gasteiger charge is 2.39. The predicted octanol–water partition coefficient (Wildman–Crippen LogP) is 1.28. The molecular weight excluding hydrogens is 332 g/mol. The van der Waals surface area contributed by atoms with E-state index in [9.17, 15) is 9.90 Å².